The summed E-state index contributed by atoms with van der Waals surface area (Å²) >= 11 is 6.25. The molecular weight excluding hydrogens is 520 g/mol. The number of aryl methyl sites for hydroxylation is 1. The number of hydrogen-bond donors (Lipinski definition) is 2. The topological polar surface area (TPSA) is 92.4 Å². The van der Waals surface area contributed by atoms with E-state index in [-0.39, 0.29) is 6.61 Å². The average Bonchev–Trinajstić information content (AvgIpc) is 2.94. The number of piperazine rings is 1. The lowest BCUT2D eigenvalue weighted by Crippen LogP contribution is -2.47. The lowest BCUT2D eigenvalue weighted by atomic mass is 10.1. The van der Waals surface area contributed by atoms with Crippen LogP contribution in [0, 0.1) is 6.92 Å². The minimum atomic E-state index is -0.478. The summed E-state index contributed by atoms with van der Waals surface area (Å²) in [5.74, 6) is 0.609. The monoisotopic (exact) mass is 552 g/mol. The maximum atomic E-state index is 13.1. The average molecular weight is 553 g/mol. The summed E-state index contributed by atoms with van der Waals surface area (Å²) in [6, 6.07) is 15.8. The molecule has 0 atom stereocenters. The SMILES string of the molecule is CCOC(=O)c1ccc(N2CCN(c3cc(Cl)ccc3C)CC2)c(NC(=O)Nc2ccc(OC)cc2OC)c1. The van der Waals surface area contributed by atoms with Crippen LogP contribution in [-0.4, -0.2) is 59.0 Å². The summed E-state index contributed by atoms with van der Waals surface area (Å²) in [6.07, 6.45) is 0. The van der Waals surface area contributed by atoms with Crippen LogP contribution in [-0.2, 0) is 4.74 Å². The van der Waals surface area contributed by atoms with Gasteiger partial charge in [0.1, 0.15) is 11.5 Å². The number of halogens is 1. The van der Waals surface area contributed by atoms with E-state index in [1.165, 1.54) is 12.7 Å². The molecule has 9 nitrogen and oxygen atoms in total. The number of rotatable bonds is 8. The van der Waals surface area contributed by atoms with Crippen molar-refractivity contribution in [3.05, 3.63) is 70.7 Å². The van der Waals surface area contributed by atoms with Crippen LogP contribution in [0.25, 0.3) is 0 Å². The normalized spacial score (nSPS) is 13.1. The molecular formula is C29H33ClN4O5. The number of anilines is 4. The zero-order valence-corrected chi connectivity index (χ0v) is 23.3. The molecule has 4 rings (SSSR count). The number of hydrogen-bond acceptors (Lipinski definition) is 7. The Morgan fingerprint density at radius 3 is 2.21 bits per heavy atom. The van der Waals surface area contributed by atoms with E-state index in [9.17, 15) is 9.59 Å². The minimum absolute atomic E-state index is 0.256. The first-order chi connectivity index (χ1) is 18.8. The van der Waals surface area contributed by atoms with E-state index in [1.54, 1.807) is 44.4 Å². The second-order valence-electron chi connectivity index (χ2n) is 9.00. The first-order valence-electron chi connectivity index (χ1n) is 12.7. The zero-order valence-electron chi connectivity index (χ0n) is 22.5. The highest BCUT2D eigenvalue weighted by Crippen LogP contribution is 2.32. The van der Waals surface area contributed by atoms with Crippen LogP contribution in [0.5, 0.6) is 11.5 Å². The minimum Gasteiger partial charge on any atom is -0.497 e. The van der Waals surface area contributed by atoms with Gasteiger partial charge in [0.25, 0.3) is 0 Å². The summed E-state index contributed by atoms with van der Waals surface area (Å²) in [7, 11) is 3.08. The molecule has 0 aliphatic carbocycles. The van der Waals surface area contributed by atoms with E-state index in [4.69, 9.17) is 25.8 Å². The van der Waals surface area contributed by atoms with Crippen molar-refractivity contribution in [2.45, 2.75) is 13.8 Å². The van der Waals surface area contributed by atoms with Crippen LogP contribution in [0.3, 0.4) is 0 Å². The molecule has 3 aromatic carbocycles. The maximum Gasteiger partial charge on any atom is 0.338 e. The Labute approximate surface area is 233 Å². The smallest absolute Gasteiger partial charge is 0.338 e. The molecule has 0 unspecified atom stereocenters. The molecule has 0 saturated carbocycles. The first-order valence-corrected chi connectivity index (χ1v) is 13.1. The second kappa shape index (κ2) is 12.6. The Morgan fingerprint density at radius 1 is 0.846 bits per heavy atom. The predicted octanol–water partition coefficient (Wildman–Crippen LogP) is 5.81. The molecule has 2 N–H and O–H groups in total. The highest BCUT2D eigenvalue weighted by molar-refractivity contribution is 6.30. The van der Waals surface area contributed by atoms with Gasteiger partial charge in [0.2, 0.25) is 0 Å². The van der Waals surface area contributed by atoms with Gasteiger partial charge in [-0.3, -0.25) is 0 Å². The fourth-order valence-corrected chi connectivity index (χ4v) is 4.71. The zero-order chi connectivity index (χ0) is 27.9. The van der Waals surface area contributed by atoms with Gasteiger partial charge in [-0.05, 0) is 61.9 Å². The van der Waals surface area contributed by atoms with Crippen molar-refractivity contribution >= 4 is 46.4 Å². The number of nitrogens with zero attached hydrogens (tertiary/aromatic N) is 2. The number of amides is 2. The number of benzene rings is 3. The summed E-state index contributed by atoms with van der Waals surface area (Å²) in [4.78, 5) is 30.0. The molecule has 1 heterocycles. The van der Waals surface area contributed by atoms with Gasteiger partial charge >= 0.3 is 12.0 Å². The van der Waals surface area contributed by atoms with E-state index >= 15 is 0 Å². The van der Waals surface area contributed by atoms with E-state index in [0.29, 0.717) is 46.5 Å². The summed E-state index contributed by atoms with van der Waals surface area (Å²) < 4.78 is 15.8. The van der Waals surface area contributed by atoms with Gasteiger partial charge in [-0.25, -0.2) is 9.59 Å². The fourth-order valence-electron chi connectivity index (χ4n) is 4.54. The molecule has 2 amide bonds. The molecule has 1 fully saturated rings. The van der Waals surface area contributed by atoms with Crippen molar-refractivity contribution in [1.29, 1.82) is 0 Å². The van der Waals surface area contributed by atoms with E-state index < -0.39 is 12.0 Å². The molecule has 0 aromatic heterocycles. The molecule has 0 radical (unpaired) electrons. The number of ether oxygens (including phenoxy) is 3. The van der Waals surface area contributed by atoms with Gasteiger partial charge in [0.05, 0.1) is 43.5 Å². The van der Waals surface area contributed by atoms with Crippen molar-refractivity contribution in [2.75, 3.05) is 67.4 Å². The summed E-state index contributed by atoms with van der Waals surface area (Å²) in [5, 5.41) is 6.44. The van der Waals surface area contributed by atoms with Crippen LogP contribution in [0.15, 0.2) is 54.6 Å². The molecule has 1 saturated heterocycles. The Bertz CT molecular complexity index is 1340. The lowest BCUT2D eigenvalue weighted by molar-refractivity contribution is 0.0526. The Morgan fingerprint density at radius 2 is 1.54 bits per heavy atom. The number of carbonyl (C=O) groups excluding carboxylic acids is 2. The van der Waals surface area contributed by atoms with Gasteiger partial charge in [-0.15, -0.1) is 0 Å². The van der Waals surface area contributed by atoms with Crippen LogP contribution < -0.4 is 29.9 Å². The Balaban J connectivity index is 1.55. The van der Waals surface area contributed by atoms with Crippen molar-refractivity contribution < 1.29 is 23.8 Å². The third-order valence-corrected chi connectivity index (χ3v) is 6.78. The van der Waals surface area contributed by atoms with Crippen LogP contribution >= 0.6 is 11.6 Å². The molecule has 39 heavy (non-hydrogen) atoms. The van der Waals surface area contributed by atoms with E-state index in [0.717, 1.165) is 24.5 Å². The van der Waals surface area contributed by atoms with Crippen LogP contribution in [0.2, 0.25) is 5.02 Å². The third-order valence-electron chi connectivity index (χ3n) is 6.55. The fraction of sp³-hybridized carbons (Fsp3) is 0.310. The molecule has 0 bridgehead atoms. The predicted molar refractivity (Wildman–Crippen MR) is 155 cm³/mol. The van der Waals surface area contributed by atoms with Crippen molar-refractivity contribution in [3.8, 4) is 11.5 Å². The third kappa shape index (κ3) is 6.67. The molecule has 0 spiro atoms. The number of urea groups is 1. The van der Waals surface area contributed by atoms with E-state index in [2.05, 4.69) is 27.4 Å². The van der Waals surface area contributed by atoms with Crippen molar-refractivity contribution in [2.24, 2.45) is 0 Å². The molecule has 3 aromatic rings. The summed E-state index contributed by atoms with van der Waals surface area (Å²) in [5.41, 5.74) is 4.42. The molecule has 1 aliphatic rings. The van der Waals surface area contributed by atoms with Gasteiger partial charge in [0, 0.05) is 43.0 Å². The Hall–Kier alpha value is -4.11. The lowest BCUT2D eigenvalue weighted by Gasteiger charge is -2.38. The first kappa shape index (κ1) is 27.9. The van der Waals surface area contributed by atoms with Gasteiger partial charge in [-0.1, -0.05) is 17.7 Å². The highest BCUT2D eigenvalue weighted by Gasteiger charge is 2.23. The quantitative estimate of drug-likeness (QED) is 0.340. The van der Waals surface area contributed by atoms with Crippen molar-refractivity contribution in [1.82, 2.24) is 0 Å². The van der Waals surface area contributed by atoms with Gasteiger partial charge in [0.15, 0.2) is 0 Å². The second-order valence-corrected chi connectivity index (χ2v) is 9.44. The Kier molecular flexibility index (Phi) is 9.03. The largest absolute Gasteiger partial charge is 0.497 e. The van der Waals surface area contributed by atoms with Crippen molar-refractivity contribution in [3.63, 3.8) is 0 Å². The summed E-state index contributed by atoms with van der Waals surface area (Å²) in [6.45, 7) is 7.06. The number of nitrogens with one attached hydrogen (secondary N) is 2. The molecule has 10 heteroatoms. The number of carbonyl (C=O) groups is 2. The van der Waals surface area contributed by atoms with Gasteiger partial charge < -0.3 is 34.6 Å². The maximum absolute atomic E-state index is 13.1. The molecule has 206 valence electrons. The van der Waals surface area contributed by atoms with Crippen LogP contribution in [0.4, 0.5) is 27.5 Å². The number of methoxy groups -OCH3 is 2. The van der Waals surface area contributed by atoms with Gasteiger partial charge in [-0.2, -0.15) is 0 Å². The number of esters is 1. The van der Waals surface area contributed by atoms with E-state index in [1.807, 2.05) is 24.3 Å². The standard InChI is InChI=1S/C29H33ClN4O5/c1-5-39-28(35)20-7-11-25(33-12-14-34(15-13-33)26-17-21(30)8-6-19(26)2)24(16-20)32-29(36)31-23-10-9-22(37-3)18-27(23)38-4/h6-11,16-18H,5,12-15H2,1-4H3,(H2,31,32,36). The van der Waals surface area contributed by atoms with Crippen LogP contribution in [0.1, 0.15) is 22.8 Å². The highest BCUT2D eigenvalue weighted by atomic mass is 35.5. The molecule has 1 aliphatic heterocycles.